The molecule has 1 aromatic carbocycles. The molecule has 0 aliphatic heterocycles. The first-order valence-corrected chi connectivity index (χ1v) is 6.84. The van der Waals surface area contributed by atoms with Gasteiger partial charge in [0.15, 0.2) is 17.5 Å². The van der Waals surface area contributed by atoms with Crippen molar-refractivity contribution in [3.8, 4) is 0 Å². The Hall–Kier alpha value is -1.52. The summed E-state index contributed by atoms with van der Waals surface area (Å²) in [6.07, 6.45) is 2.81. The molecule has 0 heterocycles. The second kappa shape index (κ2) is 7.31. The molecule has 0 aliphatic carbocycles. The molecule has 0 unspecified atom stereocenters. The standard InChI is InChI=1S/C15H20F3NO/c1-4-5-6-7-19(10(2)3)15(20)11-8-12(16)14(18)13(17)9-11/h8-10H,4-7H2,1-3H3. The van der Waals surface area contributed by atoms with Crippen LogP contribution in [0.2, 0.25) is 0 Å². The van der Waals surface area contributed by atoms with E-state index in [1.165, 1.54) is 0 Å². The highest BCUT2D eigenvalue weighted by atomic mass is 19.2. The van der Waals surface area contributed by atoms with Crippen LogP contribution in [0.5, 0.6) is 0 Å². The van der Waals surface area contributed by atoms with Crippen molar-refractivity contribution in [2.75, 3.05) is 6.54 Å². The van der Waals surface area contributed by atoms with E-state index in [1.54, 1.807) is 4.90 Å². The smallest absolute Gasteiger partial charge is 0.254 e. The third-order valence-corrected chi connectivity index (χ3v) is 3.12. The molecule has 0 bridgehead atoms. The zero-order valence-electron chi connectivity index (χ0n) is 12.0. The minimum atomic E-state index is -1.55. The summed E-state index contributed by atoms with van der Waals surface area (Å²) in [5, 5.41) is 0. The molecule has 0 aromatic heterocycles. The molecule has 1 aromatic rings. The van der Waals surface area contributed by atoms with E-state index in [0.717, 1.165) is 31.4 Å². The Morgan fingerprint density at radius 2 is 1.70 bits per heavy atom. The van der Waals surface area contributed by atoms with E-state index in [9.17, 15) is 18.0 Å². The molecule has 0 N–H and O–H groups in total. The second-order valence-electron chi connectivity index (χ2n) is 5.05. The largest absolute Gasteiger partial charge is 0.336 e. The van der Waals surface area contributed by atoms with Crippen molar-refractivity contribution >= 4 is 5.91 Å². The van der Waals surface area contributed by atoms with Gasteiger partial charge in [-0.05, 0) is 32.4 Å². The summed E-state index contributed by atoms with van der Waals surface area (Å²) in [5.74, 6) is -4.71. The molecule has 0 fully saturated rings. The number of carbonyl (C=O) groups is 1. The van der Waals surface area contributed by atoms with Crippen LogP contribution in [0, 0.1) is 17.5 Å². The van der Waals surface area contributed by atoms with E-state index >= 15 is 0 Å². The zero-order valence-corrected chi connectivity index (χ0v) is 12.0. The number of rotatable bonds is 6. The van der Waals surface area contributed by atoms with Crippen molar-refractivity contribution in [2.24, 2.45) is 0 Å². The summed E-state index contributed by atoms with van der Waals surface area (Å²) < 4.78 is 39.3. The van der Waals surface area contributed by atoms with Crippen LogP contribution in [0.3, 0.4) is 0 Å². The van der Waals surface area contributed by atoms with Crippen LogP contribution in [0.1, 0.15) is 50.4 Å². The van der Waals surface area contributed by atoms with Gasteiger partial charge in [-0.25, -0.2) is 13.2 Å². The van der Waals surface area contributed by atoms with Gasteiger partial charge < -0.3 is 4.90 Å². The Morgan fingerprint density at radius 3 is 2.15 bits per heavy atom. The van der Waals surface area contributed by atoms with E-state index in [0.29, 0.717) is 6.54 Å². The quantitative estimate of drug-likeness (QED) is 0.568. The first-order valence-electron chi connectivity index (χ1n) is 6.84. The van der Waals surface area contributed by atoms with Crippen molar-refractivity contribution < 1.29 is 18.0 Å². The van der Waals surface area contributed by atoms with Gasteiger partial charge in [0, 0.05) is 18.2 Å². The van der Waals surface area contributed by atoms with Gasteiger partial charge in [0.05, 0.1) is 0 Å². The number of unbranched alkanes of at least 4 members (excludes halogenated alkanes) is 2. The Morgan fingerprint density at radius 1 is 1.15 bits per heavy atom. The second-order valence-corrected chi connectivity index (χ2v) is 5.05. The molecule has 20 heavy (non-hydrogen) atoms. The summed E-state index contributed by atoms with van der Waals surface area (Å²) in [6.45, 7) is 6.23. The van der Waals surface area contributed by atoms with Gasteiger partial charge in [-0.1, -0.05) is 19.8 Å². The molecule has 1 amide bonds. The van der Waals surface area contributed by atoms with Gasteiger partial charge in [-0.2, -0.15) is 0 Å². The minimum Gasteiger partial charge on any atom is -0.336 e. The maximum absolute atomic E-state index is 13.2. The van der Waals surface area contributed by atoms with Crippen molar-refractivity contribution in [3.05, 3.63) is 35.1 Å². The fourth-order valence-corrected chi connectivity index (χ4v) is 1.97. The van der Waals surface area contributed by atoms with E-state index in [4.69, 9.17) is 0 Å². The Balaban J connectivity index is 2.94. The highest BCUT2D eigenvalue weighted by molar-refractivity contribution is 5.94. The lowest BCUT2D eigenvalue weighted by Gasteiger charge is -2.27. The molecule has 1 rings (SSSR count). The maximum atomic E-state index is 13.2. The Kier molecular flexibility index (Phi) is 6.05. The van der Waals surface area contributed by atoms with Crippen LogP contribution in [0.4, 0.5) is 13.2 Å². The number of nitrogens with zero attached hydrogens (tertiary/aromatic N) is 1. The number of hydrogen-bond acceptors (Lipinski definition) is 1. The Labute approximate surface area is 117 Å². The van der Waals surface area contributed by atoms with Crippen molar-refractivity contribution in [1.29, 1.82) is 0 Å². The van der Waals surface area contributed by atoms with Gasteiger partial charge in [0.1, 0.15) is 0 Å². The molecule has 0 aliphatic rings. The number of amides is 1. The SMILES string of the molecule is CCCCCN(C(=O)c1cc(F)c(F)c(F)c1)C(C)C. The number of carbonyl (C=O) groups excluding carboxylic acids is 1. The molecule has 0 spiro atoms. The van der Waals surface area contributed by atoms with E-state index < -0.39 is 23.4 Å². The van der Waals surface area contributed by atoms with Crippen molar-refractivity contribution in [3.63, 3.8) is 0 Å². The van der Waals surface area contributed by atoms with Gasteiger partial charge in [-0.15, -0.1) is 0 Å². The topological polar surface area (TPSA) is 20.3 Å². The van der Waals surface area contributed by atoms with Crippen molar-refractivity contribution in [2.45, 2.75) is 46.1 Å². The molecule has 5 heteroatoms. The molecule has 0 atom stereocenters. The van der Waals surface area contributed by atoms with Crippen LogP contribution in [-0.4, -0.2) is 23.4 Å². The highest BCUT2D eigenvalue weighted by Gasteiger charge is 2.21. The predicted octanol–water partition coefficient (Wildman–Crippen LogP) is 4.14. The molecule has 2 nitrogen and oxygen atoms in total. The molecular weight excluding hydrogens is 267 g/mol. The normalized spacial score (nSPS) is 10.9. The molecule has 0 saturated carbocycles. The number of halogens is 3. The lowest BCUT2D eigenvalue weighted by atomic mass is 10.1. The lowest BCUT2D eigenvalue weighted by Crippen LogP contribution is -2.37. The summed E-state index contributed by atoms with van der Waals surface area (Å²) in [5.41, 5.74) is -0.161. The van der Waals surface area contributed by atoms with Gasteiger partial charge in [0.25, 0.3) is 5.91 Å². The molecule has 0 radical (unpaired) electrons. The van der Waals surface area contributed by atoms with Gasteiger partial charge in [0.2, 0.25) is 0 Å². The lowest BCUT2D eigenvalue weighted by molar-refractivity contribution is 0.0701. The van der Waals surface area contributed by atoms with Gasteiger partial charge in [-0.3, -0.25) is 4.79 Å². The van der Waals surface area contributed by atoms with Crippen LogP contribution in [0.25, 0.3) is 0 Å². The minimum absolute atomic E-state index is 0.0875. The number of benzene rings is 1. The summed E-state index contributed by atoms with van der Waals surface area (Å²) >= 11 is 0. The van der Waals surface area contributed by atoms with Crippen molar-refractivity contribution in [1.82, 2.24) is 4.90 Å². The van der Waals surface area contributed by atoms with Crippen LogP contribution < -0.4 is 0 Å². The average molecular weight is 287 g/mol. The molecular formula is C15H20F3NO. The fourth-order valence-electron chi connectivity index (χ4n) is 1.97. The summed E-state index contributed by atoms with van der Waals surface area (Å²) in [7, 11) is 0. The van der Waals surface area contributed by atoms with Crippen LogP contribution in [0.15, 0.2) is 12.1 Å². The third kappa shape index (κ3) is 3.99. The monoisotopic (exact) mass is 287 g/mol. The highest BCUT2D eigenvalue weighted by Crippen LogP contribution is 2.17. The molecule has 112 valence electrons. The van der Waals surface area contributed by atoms with Crippen LogP contribution >= 0.6 is 0 Å². The van der Waals surface area contributed by atoms with E-state index in [-0.39, 0.29) is 11.6 Å². The molecule has 0 saturated heterocycles. The summed E-state index contributed by atoms with van der Waals surface area (Å²) in [6, 6.07) is 1.40. The summed E-state index contributed by atoms with van der Waals surface area (Å²) in [4.78, 5) is 13.8. The first kappa shape index (κ1) is 16.5. The first-order chi connectivity index (χ1) is 9.38. The van der Waals surface area contributed by atoms with Gasteiger partial charge >= 0.3 is 0 Å². The predicted molar refractivity (Wildman–Crippen MR) is 72.0 cm³/mol. The van der Waals surface area contributed by atoms with E-state index in [1.807, 2.05) is 20.8 Å². The van der Waals surface area contributed by atoms with E-state index in [2.05, 4.69) is 0 Å². The third-order valence-electron chi connectivity index (χ3n) is 3.12. The average Bonchev–Trinajstić information content (AvgIpc) is 2.39. The van der Waals surface area contributed by atoms with Crippen LogP contribution in [-0.2, 0) is 0 Å². The maximum Gasteiger partial charge on any atom is 0.254 e. The fraction of sp³-hybridized carbons (Fsp3) is 0.533. The number of hydrogen-bond donors (Lipinski definition) is 0. The Bertz CT molecular complexity index is 451. The zero-order chi connectivity index (χ0) is 15.3.